The highest BCUT2D eigenvalue weighted by Crippen LogP contribution is 2.26. The number of hydrogen-bond acceptors (Lipinski definition) is 5. The molecule has 0 bridgehead atoms. The number of aromatic nitrogens is 3. The molecule has 0 aliphatic carbocycles. The molecule has 4 nitrogen and oxygen atoms in total. The molecule has 2 aromatic heterocycles. The fraction of sp³-hybridized carbons (Fsp3) is 0.364. The van der Waals surface area contributed by atoms with E-state index in [1.807, 2.05) is 13.0 Å². The Morgan fingerprint density at radius 2 is 2.35 bits per heavy atom. The summed E-state index contributed by atoms with van der Waals surface area (Å²) in [6.07, 6.45) is 3.87. The Kier molecular flexibility index (Phi) is 4.04. The van der Waals surface area contributed by atoms with Gasteiger partial charge in [0.1, 0.15) is 0 Å². The number of rotatable bonds is 4. The van der Waals surface area contributed by atoms with E-state index < -0.39 is 6.10 Å². The van der Waals surface area contributed by atoms with Crippen LogP contribution in [0, 0.1) is 0 Å². The van der Waals surface area contributed by atoms with E-state index in [9.17, 15) is 5.11 Å². The fourth-order valence-electron chi connectivity index (χ4n) is 1.58. The maximum absolute atomic E-state index is 10.2. The number of aryl methyl sites for hydroxylation is 1. The smallest absolute Gasteiger partial charge is 0.0957 e. The van der Waals surface area contributed by atoms with Gasteiger partial charge >= 0.3 is 0 Å². The molecule has 2 rings (SSSR count). The molecule has 0 saturated heterocycles. The molecule has 0 fully saturated rings. The molecular weight excluding hydrogens is 258 g/mol. The van der Waals surface area contributed by atoms with Crippen molar-refractivity contribution in [2.75, 3.05) is 0 Å². The molecule has 1 N–H and O–H groups in total. The number of pyridine rings is 1. The second kappa shape index (κ2) is 5.53. The van der Waals surface area contributed by atoms with Crippen LogP contribution in [0.1, 0.15) is 29.2 Å². The lowest BCUT2D eigenvalue weighted by molar-refractivity contribution is 0.181. The van der Waals surface area contributed by atoms with E-state index in [0.29, 0.717) is 11.4 Å². The molecule has 0 aliphatic rings. The number of hydrogen-bond donors (Lipinski definition) is 1. The third-order valence-corrected chi connectivity index (χ3v) is 3.70. The molecule has 6 heteroatoms. The molecule has 1 unspecified atom stereocenters. The van der Waals surface area contributed by atoms with Gasteiger partial charge in [0.2, 0.25) is 0 Å². The van der Waals surface area contributed by atoms with E-state index in [1.165, 1.54) is 11.5 Å². The first kappa shape index (κ1) is 12.4. The molecule has 17 heavy (non-hydrogen) atoms. The zero-order valence-corrected chi connectivity index (χ0v) is 10.9. The summed E-state index contributed by atoms with van der Waals surface area (Å²) in [5.74, 6) is 0. The highest BCUT2D eigenvalue weighted by atomic mass is 35.5. The summed E-state index contributed by atoms with van der Waals surface area (Å²) in [4.78, 5) is 4.73. The summed E-state index contributed by atoms with van der Waals surface area (Å²) in [5, 5.41) is 14.7. The van der Waals surface area contributed by atoms with Gasteiger partial charge in [0.05, 0.1) is 21.7 Å². The summed E-state index contributed by atoms with van der Waals surface area (Å²) < 4.78 is 3.86. The molecule has 2 heterocycles. The minimum absolute atomic E-state index is 0.457. The molecule has 0 spiro atoms. The molecule has 0 aromatic carbocycles. The Bertz CT molecular complexity index is 503. The summed E-state index contributed by atoms with van der Waals surface area (Å²) in [6, 6.07) is 1.81. The second-order valence-electron chi connectivity index (χ2n) is 3.62. The van der Waals surface area contributed by atoms with Gasteiger partial charge in [-0.2, -0.15) is 0 Å². The van der Waals surface area contributed by atoms with Crippen molar-refractivity contribution in [1.29, 1.82) is 0 Å². The van der Waals surface area contributed by atoms with Crippen molar-refractivity contribution in [2.45, 2.75) is 25.9 Å². The first-order valence-corrected chi connectivity index (χ1v) is 6.45. The molecule has 90 valence electrons. The van der Waals surface area contributed by atoms with E-state index in [4.69, 9.17) is 11.6 Å². The van der Waals surface area contributed by atoms with E-state index in [0.717, 1.165) is 22.6 Å². The van der Waals surface area contributed by atoms with Crippen molar-refractivity contribution in [3.05, 3.63) is 39.6 Å². The molecule has 0 radical (unpaired) electrons. The van der Waals surface area contributed by atoms with Gasteiger partial charge in [-0.1, -0.05) is 23.0 Å². The molecular formula is C11H12ClN3OS. The summed E-state index contributed by atoms with van der Waals surface area (Å²) in [5.41, 5.74) is 1.73. The lowest BCUT2D eigenvalue weighted by Crippen LogP contribution is -2.03. The Labute approximate surface area is 108 Å². The quantitative estimate of drug-likeness (QED) is 0.926. The van der Waals surface area contributed by atoms with Crippen LogP contribution < -0.4 is 0 Å². The molecule has 0 saturated carbocycles. The van der Waals surface area contributed by atoms with Crippen LogP contribution >= 0.6 is 23.1 Å². The number of halogens is 1. The van der Waals surface area contributed by atoms with E-state index in [2.05, 4.69) is 14.6 Å². The topological polar surface area (TPSA) is 58.9 Å². The second-order valence-corrected chi connectivity index (χ2v) is 4.82. The van der Waals surface area contributed by atoms with Gasteiger partial charge in [-0.25, -0.2) is 0 Å². The highest BCUT2D eigenvalue weighted by Gasteiger charge is 2.17. The summed E-state index contributed by atoms with van der Waals surface area (Å²) >= 11 is 7.24. The molecule has 0 amide bonds. The first-order valence-electron chi connectivity index (χ1n) is 5.30. The van der Waals surface area contributed by atoms with Gasteiger partial charge in [-0.3, -0.25) is 4.98 Å². The van der Waals surface area contributed by atoms with E-state index in [1.54, 1.807) is 12.4 Å². The SMILES string of the molecule is CCc1nnsc1C(O)Cc1ccncc1Cl. The first-order chi connectivity index (χ1) is 8.22. The number of aliphatic hydroxyl groups excluding tert-OH is 1. The van der Waals surface area contributed by atoms with Crippen LogP contribution in [0.5, 0.6) is 0 Å². The van der Waals surface area contributed by atoms with Crippen molar-refractivity contribution in [1.82, 2.24) is 14.6 Å². The zero-order chi connectivity index (χ0) is 12.3. The van der Waals surface area contributed by atoms with Gasteiger partial charge < -0.3 is 5.11 Å². The van der Waals surface area contributed by atoms with Gasteiger partial charge in [-0.05, 0) is 29.6 Å². The summed E-state index contributed by atoms with van der Waals surface area (Å²) in [7, 11) is 0. The van der Waals surface area contributed by atoms with Crippen molar-refractivity contribution >= 4 is 23.1 Å². The maximum atomic E-state index is 10.2. The number of nitrogens with zero attached hydrogens (tertiary/aromatic N) is 3. The minimum Gasteiger partial charge on any atom is -0.387 e. The largest absolute Gasteiger partial charge is 0.387 e. The minimum atomic E-state index is -0.607. The van der Waals surface area contributed by atoms with Crippen LogP contribution in [0.4, 0.5) is 0 Å². The Balaban J connectivity index is 2.17. The van der Waals surface area contributed by atoms with Gasteiger partial charge in [0, 0.05) is 18.8 Å². The lowest BCUT2D eigenvalue weighted by Gasteiger charge is -2.10. The predicted octanol–water partition coefficient (Wildman–Crippen LogP) is 2.43. The Hall–Kier alpha value is -1.04. The van der Waals surface area contributed by atoms with Gasteiger partial charge in [0.15, 0.2) is 0 Å². The van der Waals surface area contributed by atoms with Crippen LogP contribution in [0.15, 0.2) is 18.5 Å². The third-order valence-electron chi connectivity index (χ3n) is 2.49. The lowest BCUT2D eigenvalue weighted by atomic mass is 10.1. The standard InChI is InChI=1S/C11H12ClN3OS/c1-2-9-11(17-15-14-9)10(16)5-7-3-4-13-6-8(7)12/h3-4,6,10,16H,2,5H2,1H3. The summed E-state index contributed by atoms with van der Waals surface area (Å²) in [6.45, 7) is 1.99. The predicted molar refractivity (Wildman–Crippen MR) is 67.2 cm³/mol. The van der Waals surface area contributed by atoms with Crippen molar-refractivity contribution in [3.8, 4) is 0 Å². The Morgan fingerprint density at radius 1 is 1.53 bits per heavy atom. The zero-order valence-electron chi connectivity index (χ0n) is 9.30. The van der Waals surface area contributed by atoms with Crippen molar-refractivity contribution < 1.29 is 5.11 Å². The van der Waals surface area contributed by atoms with Gasteiger partial charge in [-0.15, -0.1) is 5.10 Å². The molecule has 2 aromatic rings. The van der Waals surface area contributed by atoms with Crippen LogP contribution in [-0.4, -0.2) is 19.7 Å². The van der Waals surface area contributed by atoms with Crippen LogP contribution in [0.3, 0.4) is 0 Å². The van der Waals surface area contributed by atoms with Crippen molar-refractivity contribution in [3.63, 3.8) is 0 Å². The molecule has 1 atom stereocenters. The van der Waals surface area contributed by atoms with E-state index >= 15 is 0 Å². The normalized spacial score (nSPS) is 12.6. The van der Waals surface area contributed by atoms with Gasteiger partial charge in [0.25, 0.3) is 0 Å². The Morgan fingerprint density at radius 3 is 3.06 bits per heavy atom. The van der Waals surface area contributed by atoms with Crippen LogP contribution in [0.25, 0.3) is 0 Å². The van der Waals surface area contributed by atoms with Crippen LogP contribution in [-0.2, 0) is 12.8 Å². The fourth-order valence-corrected chi connectivity index (χ4v) is 2.50. The van der Waals surface area contributed by atoms with Crippen LogP contribution in [0.2, 0.25) is 5.02 Å². The monoisotopic (exact) mass is 269 g/mol. The van der Waals surface area contributed by atoms with E-state index in [-0.39, 0.29) is 0 Å². The average molecular weight is 270 g/mol. The number of aliphatic hydroxyl groups is 1. The third kappa shape index (κ3) is 2.80. The average Bonchev–Trinajstić information content (AvgIpc) is 2.80. The molecule has 0 aliphatic heterocycles. The van der Waals surface area contributed by atoms with Crippen molar-refractivity contribution in [2.24, 2.45) is 0 Å². The highest BCUT2D eigenvalue weighted by molar-refractivity contribution is 7.05. The maximum Gasteiger partial charge on any atom is 0.0957 e.